The van der Waals surface area contributed by atoms with Crippen molar-refractivity contribution in [3.63, 3.8) is 0 Å². The highest BCUT2D eigenvalue weighted by molar-refractivity contribution is 7.89. The number of hydrogen-bond acceptors (Lipinski definition) is 4. The van der Waals surface area contributed by atoms with Crippen LogP contribution in [0.5, 0.6) is 5.75 Å². The van der Waals surface area contributed by atoms with Crippen LogP contribution in [0.1, 0.15) is 24.4 Å². The number of nitrogens with zero attached hydrogens (tertiary/aromatic N) is 2. The van der Waals surface area contributed by atoms with Gasteiger partial charge in [0.2, 0.25) is 10.0 Å². The van der Waals surface area contributed by atoms with E-state index in [4.69, 9.17) is 10.5 Å². The molecule has 0 spiro atoms. The molecule has 8 heteroatoms. The van der Waals surface area contributed by atoms with Gasteiger partial charge in [-0.25, -0.2) is 12.7 Å². The fraction of sp³-hybridized carbons (Fsp3) is 0.533. The zero-order valence-electron chi connectivity index (χ0n) is 12.9. The summed E-state index contributed by atoms with van der Waals surface area (Å²) in [4.78, 5) is 4.26. The average Bonchev–Trinajstić information content (AvgIpc) is 2.86. The largest absolute Gasteiger partial charge is 0.493 e. The molecule has 1 fully saturated rings. The smallest absolute Gasteiger partial charge is 0.214 e. The predicted octanol–water partition coefficient (Wildman–Crippen LogP) is 0.450. The van der Waals surface area contributed by atoms with E-state index in [2.05, 4.69) is 10.3 Å². The topological polar surface area (TPSA) is 97.0 Å². The van der Waals surface area contributed by atoms with Crippen molar-refractivity contribution in [1.82, 2.24) is 9.62 Å². The van der Waals surface area contributed by atoms with Crippen molar-refractivity contribution in [2.45, 2.75) is 18.9 Å². The first kappa shape index (κ1) is 16.1. The third-order valence-corrected chi connectivity index (χ3v) is 6.07. The van der Waals surface area contributed by atoms with Crippen molar-refractivity contribution < 1.29 is 13.2 Å². The molecule has 1 aromatic carbocycles. The molecule has 1 aromatic rings. The molecule has 0 bridgehead atoms. The molecule has 0 aliphatic carbocycles. The molecule has 0 aromatic heterocycles. The summed E-state index contributed by atoms with van der Waals surface area (Å²) >= 11 is 0. The van der Waals surface area contributed by atoms with Crippen LogP contribution in [0.4, 0.5) is 0 Å². The maximum absolute atomic E-state index is 11.7. The first-order chi connectivity index (χ1) is 11.1. The summed E-state index contributed by atoms with van der Waals surface area (Å²) in [6.45, 7) is 1.96. The molecule has 126 valence electrons. The van der Waals surface area contributed by atoms with Crippen molar-refractivity contribution >= 4 is 16.0 Å². The van der Waals surface area contributed by atoms with E-state index in [1.807, 2.05) is 24.3 Å². The maximum atomic E-state index is 11.7. The van der Waals surface area contributed by atoms with Crippen LogP contribution in [0, 0.1) is 0 Å². The number of fused-ring (bicyclic) bond motifs is 1. The van der Waals surface area contributed by atoms with Gasteiger partial charge in [-0.15, -0.1) is 0 Å². The molecule has 0 amide bonds. The summed E-state index contributed by atoms with van der Waals surface area (Å²) in [6, 6.07) is 7.92. The Morgan fingerprint density at radius 1 is 1.43 bits per heavy atom. The highest BCUT2D eigenvalue weighted by Gasteiger charge is 2.27. The molecule has 23 heavy (non-hydrogen) atoms. The Bertz CT molecular complexity index is 690. The fourth-order valence-electron chi connectivity index (χ4n) is 2.94. The van der Waals surface area contributed by atoms with Gasteiger partial charge in [0.15, 0.2) is 5.96 Å². The van der Waals surface area contributed by atoms with Crippen LogP contribution in [0.15, 0.2) is 29.3 Å². The van der Waals surface area contributed by atoms with Crippen LogP contribution in [-0.4, -0.2) is 50.7 Å². The van der Waals surface area contributed by atoms with E-state index in [0.29, 0.717) is 38.6 Å². The molecule has 3 N–H and O–H groups in total. The monoisotopic (exact) mass is 338 g/mol. The molecule has 1 unspecified atom stereocenters. The minimum absolute atomic E-state index is 0.0687. The second-order valence-corrected chi connectivity index (χ2v) is 7.80. The lowest BCUT2D eigenvalue weighted by molar-refractivity contribution is 0.262. The summed E-state index contributed by atoms with van der Waals surface area (Å²) < 4.78 is 30.5. The molecule has 7 nitrogen and oxygen atoms in total. The van der Waals surface area contributed by atoms with E-state index in [0.717, 1.165) is 17.7 Å². The maximum Gasteiger partial charge on any atom is 0.214 e. The number of benzene rings is 1. The van der Waals surface area contributed by atoms with E-state index >= 15 is 0 Å². The predicted molar refractivity (Wildman–Crippen MR) is 88.9 cm³/mol. The number of rotatable bonds is 4. The third kappa shape index (κ3) is 3.76. The van der Waals surface area contributed by atoms with E-state index in [1.165, 1.54) is 4.31 Å². The van der Waals surface area contributed by atoms with E-state index in [9.17, 15) is 8.42 Å². The first-order valence-electron chi connectivity index (χ1n) is 7.82. The second kappa shape index (κ2) is 6.76. The Kier molecular flexibility index (Phi) is 4.72. The molecule has 3 rings (SSSR count). The number of nitrogens with one attached hydrogen (secondary N) is 1. The lowest BCUT2D eigenvalue weighted by Gasteiger charge is -2.27. The number of para-hydroxylation sites is 1. The van der Waals surface area contributed by atoms with Crippen molar-refractivity contribution in [3.8, 4) is 5.75 Å². The number of sulfonamides is 1. The number of hydrogen-bond donors (Lipinski definition) is 2. The minimum atomic E-state index is -3.07. The fourth-order valence-corrected chi connectivity index (χ4v) is 4.46. The van der Waals surface area contributed by atoms with Gasteiger partial charge in [-0.2, -0.15) is 0 Å². The van der Waals surface area contributed by atoms with Gasteiger partial charge in [0.25, 0.3) is 0 Å². The number of aliphatic imine (C=N–C) groups is 1. The van der Waals surface area contributed by atoms with Crippen LogP contribution in [0.3, 0.4) is 0 Å². The van der Waals surface area contributed by atoms with Gasteiger partial charge in [0.05, 0.1) is 24.9 Å². The van der Waals surface area contributed by atoms with Crippen molar-refractivity contribution in [3.05, 3.63) is 29.8 Å². The SMILES string of the molecule is NC(=NCCN1CCCS1(=O)=O)NC1CCOc2ccccc21. The second-order valence-electron chi connectivity index (χ2n) is 5.71. The quantitative estimate of drug-likeness (QED) is 0.614. The van der Waals surface area contributed by atoms with Gasteiger partial charge in [0.1, 0.15) is 5.75 Å². The molecule has 1 atom stereocenters. The van der Waals surface area contributed by atoms with Gasteiger partial charge in [-0.05, 0) is 12.5 Å². The zero-order chi connectivity index (χ0) is 16.3. The molecular weight excluding hydrogens is 316 g/mol. The molecule has 0 radical (unpaired) electrons. The van der Waals surface area contributed by atoms with E-state index in [1.54, 1.807) is 0 Å². The Labute approximate surface area is 136 Å². The molecule has 2 heterocycles. The van der Waals surface area contributed by atoms with Crippen LogP contribution in [0.2, 0.25) is 0 Å². The van der Waals surface area contributed by atoms with E-state index in [-0.39, 0.29) is 11.8 Å². The Morgan fingerprint density at radius 2 is 2.26 bits per heavy atom. The highest BCUT2D eigenvalue weighted by Crippen LogP contribution is 2.31. The summed E-state index contributed by atoms with van der Waals surface area (Å²) in [5.74, 6) is 1.44. The van der Waals surface area contributed by atoms with Gasteiger partial charge in [-0.3, -0.25) is 4.99 Å². The number of ether oxygens (including phenoxy) is 1. The van der Waals surface area contributed by atoms with Gasteiger partial charge in [-0.1, -0.05) is 18.2 Å². The summed E-state index contributed by atoms with van der Waals surface area (Å²) in [7, 11) is -3.07. The van der Waals surface area contributed by atoms with Crippen molar-refractivity contribution in [2.24, 2.45) is 10.7 Å². The lowest BCUT2D eigenvalue weighted by atomic mass is 10.0. The number of guanidine groups is 1. The van der Waals surface area contributed by atoms with Gasteiger partial charge in [0, 0.05) is 25.1 Å². The van der Waals surface area contributed by atoms with Crippen LogP contribution >= 0.6 is 0 Å². The summed E-state index contributed by atoms with van der Waals surface area (Å²) in [5.41, 5.74) is 7.01. The molecule has 0 saturated carbocycles. The molecule has 2 aliphatic heterocycles. The molecule has 1 saturated heterocycles. The third-order valence-electron chi connectivity index (χ3n) is 4.12. The van der Waals surface area contributed by atoms with E-state index < -0.39 is 10.0 Å². The first-order valence-corrected chi connectivity index (χ1v) is 9.43. The summed E-state index contributed by atoms with van der Waals surface area (Å²) in [6.07, 6.45) is 1.51. The van der Waals surface area contributed by atoms with Crippen LogP contribution in [0.25, 0.3) is 0 Å². The van der Waals surface area contributed by atoms with Crippen molar-refractivity contribution in [1.29, 1.82) is 0 Å². The zero-order valence-corrected chi connectivity index (χ0v) is 13.8. The average molecular weight is 338 g/mol. The Hall–Kier alpha value is -1.80. The number of nitrogens with two attached hydrogens (primary N) is 1. The molecule has 2 aliphatic rings. The normalized spacial score (nSPS) is 24.0. The lowest BCUT2D eigenvalue weighted by Crippen LogP contribution is -2.38. The highest BCUT2D eigenvalue weighted by atomic mass is 32.2. The molecular formula is C15H22N4O3S. The van der Waals surface area contributed by atoms with Crippen LogP contribution in [-0.2, 0) is 10.0 Å². The minimum Gasteiger partial charge on any atom is -0.493 e. The van der Waals surface area contributed by atoms with Gasteiger partial charge >= 0.3 is 0 Å². The van der Waals surface area contributed by atoms with Gasteiger partial charge < -0.3 is 15.8 Å². The summed E-state index contributed by atoms with van der Waals surface area (Å²) in [5, 5.41) is 3.20. The standard InChI is InChI=1S/C15H22N4O3S/c16-15(17-7-9-19-8-3-11-23(19,20)21)18-13-6-10-22-14-5-2-1-4-12(13)14/h1-2,4-5,13H,3,6-11H2,(H3,16,17,18). The van der Waals surface area contributed by atoms with Crippen LogP contribution < -0.4 is 15.8 Å². The van der Waals surface area contributed by atoms with Crippen molar-refractivity contribution in [2.75, 3.05) is 32.0 Å². The Morgan fingerprint density at radius 3 is 3.04 bits per heavy atom. The Balaban J connectivity index is 1.56.